The van der Waals surface area contributed by atoms with E-state index in [1.54, 1.807) is 38.2 Å². The number of nitrogens with zero attached hydrogens (tertiary/aromatic N) is 5. The van der Waals surface area contributed by atoms with E-state index in [0.717, 1.165) is 80.0 Å². The predicted molar refractivity (Wildman–Crippen MR) is 467 cm³/mol. The largest absolute Gasteiger partial charge is 0.497 e. The Kier molecular flexibility index (Phi) is 29.1. The first-order valence-electron chi connectivity index (χ1n) is 42.6. The summed E-state index contributed by atoms with van der Waals surface area (Å²) in [5.41, 5.74) is 11.0. The minimum atomic E-state index is -0.936. The van der Waals surface area contributed by atoms with Gasteiger partial charge in [-0.05, 0) is 196 Å². The number of ether oxygens (including phenoxy) is 3. The molecule has 2 saturated heterocycles. The van der Waals surface area contributed by atoms with Crippen molar-refractivity contribution in [1.29, 1.82) is 0 Å². The summed E-state index contributed by atoms with van der Waals surface area (Å²) in [5.74, 6) is 2.60. The SMILES string of the molecule is CNC[C@H](Cc1ccccc1)NC(=O)c1cc(-c2cccc(CN3O[C@@H](CO)C([C@H](C)O)C3C(=O)N[C@H]3C[C@H]4C[C@@H]([C@@H]3C)C4(C)C)c2OC)cc(N(C)C)c1.COc1ccc(COc2c(CN3O[C@@H](CO)[C@H]([C@H](C)O)[C@H]3C(=O)N[C@H]3C[C@H]4C[C@@H]([C@@H]3C)C4(C)C)cccc2-c2cc(C(=O)N[C@@H](Cc3ccccc3)CN(C)C)cc(N(C)C)c2)cc1. The Bertz CT molecular complexity index is 4580. The minimum absolute atomic E-state index is 0.00698. The Hall–Kier alpha value is -8.98. The van der Waals surface area contributed by atoms with Crippen LogP contribution in [0.2, 0.25) is 0 Å². The Morgan fingerprint density at radius 1 is 0.538 bits per heavy atom. The van der Waals surface area contributed by atoms with Gasteiger partial charge in [-0.2, -0.15) is 10.1 Å². The van der Waals surface area contributed by atoms with Crippen molar-refractivity contribution in [2.45, 2.75) is 174 Å². The Morgan fingerprint density at radius 3 is 1.37 bits per heavy atom. The lowest BCUT2D eigenvalue weighted by atomic mass is 9.45. The Labute approximate surface area is 704 Å². The molecule has 7 aromatic rings. The minimum Gasteiger partial charge on any atom is -0.497 e. The highest BCUT2D eigenvalue weighted by atomic mass is 16.7. The number of nitrogens with one attached hydrogen (secondary N) is 5. The normalized spacial score (nSPS) is 25.6. The molecule has 4 bridgehead atoms. The second-order valence-electron chi connectivity index (χ2n) is 36.3. The molecule has 642 valence electrons. The quantitative estimate of drug-likeness (QED) is 0.0185. The van der Waals surface area contributed by atoms with Gasteiger partial charge in [0.2, 0.25) is 11.8 Å². The number of carbonyl (C=O) groups is 4. The molecule has 0 aromatic heterocycles. The van der Waals surface area contributed by atoms with Crippen LogP contribution in [-0.4, -0.2) is 210 Å². The van der Waals surface area contributed by atoms with Crippen LogP contribution in [0.15, 0.2) is 158 Å². The number of hydrogen-bond acceptors (Lipinski definition) is 19. The number of likely N-dealkylation sites (N-methyl/N-ethyl adjacent to an activating group) is 2. The molecule has 8 aliphatic rings. The standard InChI is InChI=1S/C52H69N5O7.C44H61N5O6/c1-32-44-26-39(52(44,3)4)27-45(32)54-51(61)48-47(33(2)59)46(30-58)64-57(48)28-36-16-13-17-43(49(36)63-31-35-18-20-42(62-9)21-19-35)37-23-38(25-41(24-37)56(7)8)50(60)53-40(29-55(5)6)22-34-14-11-10-12-15-34;1-26-36-21-32(44(36,3)4)22-37(26)47-43(53)40-39(27(2)51)38(25-50)55-49(40)24-29-15-12-16-35(41(29)54-8)30-18-31(20-34(19-30)48(6)7)42(52)46-33(23-45-5)17-28-13-10-9-11-14-28/h10-21,23-25,32-33,39-40,44-48,58-59H,22,26-31H2,1-9H3,(H,53,60)(H,54,61);9-16,18-20,26-27,32-33,36-40,45,50-51H,17,21-25H2,1-8H3,(H,46,52)(H,47,53)/t32-,33-,39+,40-,44-,45-,46-,47-,48-;26-,27-,32+,33-,36-,37-,38-,39?,40?/m00/s1. The molecule has 23 heteroatoms. The third-order valence-electron chi connectivity index (χ3n) is 27.1. The van der Waals surface area contributed by atoms with Crippen molar-refractivity contribution in [3.63, 3.8) is 0 Å². The molecule has 9 N–H and O–H groups in total. The number of hydroxylamine groups is 4. The van der Waals surface area contributed by atoms with E-state index in [4.69, 9.17) is 23.9 Å². The predicted octanol–water partition coefficient (Wildman–Crippen LogP) is 11.2. The van der Waals surface area contributed by atoms with Gasteiger partial charge in [-0.1, -0.05) is 151 Å². The molecule has 0 radical (unpaired) electrons. The summed E-state index contributed by atoms with van der Waals surface area (Å²) in [6.45, 7) is 18.2. The Balaban J connectivity index is 0.000000221. The lowest BCUT2D eigenvalue weighted by molar-refractivity contribution is -0.183. The van der Waals surface area contributed by atoms with Gasteiger partial charge in [0.1, 0.15) is 48.1 Å². The van der Waals surface area contributed by atoms with Crippen LogP contribution in [0.3, 0.4) is 0 Å². The van der Waals surface area contributed by atoms with Crippen LogP contribution in [-0.2, 0) is 51.8 Å². The molecular formula is C96H130N10O13. The number of anilines is 2. The number of methoxy groups -OCH3 is 2. The van der Waals surface area contributed by atoms with Crippen molar-refractivity contribution in [1.82, 2.24) is 41.6 Å². The summed E-state index contributed by atoms with van der Waals surface area (Å²) < 4.78 is 18.3. The first-order valence-corrected chi connectivity index (χ1v) is 42.6. The number of hydrogen-bond donors (Lipinski definition) is 9. The molecule has 2 aliphatic heterocycles. The number of carbonyl (C=O) groups excluding carboxylic acids is 4. The second-order valence-corrected chi connectivity index (χ2v) is 36.3. The summed E-state index contributed by atoms with van der Waals surface area (Å²) in [7, 11) is 16.9. The molecule has 119 heavy (non-hydrogen) atoms. The smallest absolute Gasteiger partial charge is 0.251 e. The van der Waals surface area contributed by atoms with Crippen molar-refractivity contribution in [3.05, 3.63) is 197 Å². The van der Waals surface area contributed by atoms with Crippen LogP contribution in [0, 0.1) is 58.2 Å². The third-order valence-corrected chi connectivity index (χ3v) is 27.1. The van der Waals surface area contributed by atoms with Gasteiger partial charge in [0.25, 0.3) is 11.8 Å². The molecule has 18 atom stereocenters. The van der Waals surface area contributed by atoms with E-state index < -0.39 is 48.3 Å². The van der Waals surface area contributed by atoms with Gasteiger partial charge in [0, 0.05) is 122 Å². The van der Waals surface area contributed by atoms with Crippen LogP contribution in [0.25, 0.3) is 22.3 Å². The van der Waals surface area contributed by atoms with Gasteiger partial charge >= 0.3 is 0 Å². The zero-order valence-corrected chi connectivity index (χ0v) is 72.8. The third kappa shape index (κ3) is 20.1. The maximum Gasteiger partial charge on any atom is 0.251 e. The number of benzene rings is 7. The summed E-state index contributed by atoms with van der Waals surface area (Å²) in [5, 5.41) is 62.8. The molecule has 2 heterocycles. The number of aliphatic hydroxyl groups excluding tert-OH is 4. The lowest BCUT2D eigenvalue weighted by Crippen LogP contribution is -2.62. The van der Waals surface area contributed by atoms with Crippen molar-refractivity contribution in [2.24, 2.45) is 58.2 Å². The summed E-state index contributed by atoms with van der Waals surface area (Å²) in [6, 6.07) is 49.4. The maximum absolute atomic E-state index is 14.6. The van der Waals surface area contributed by atoms with Gasteiger partial charge in [-0.25, -0.2) is 0 Å². The monoisotopic (exact) mass is 1630 g/mol. The second kappa shape index (κ2) is 38.8. The van der Waals surface area contributed by atoms with Crippen LogP contribution >= 0.6 is 0 Å². The van der Waals surface area contributed by atoms with Crippen molar-refractivity contribution < 1.29 is 63.5 Å². The fourth-order valence-electron chi connectivity index (χ4n) is 20.1. The molecule has 6 saturated carbocycles. The highest BCUT2D eigenvalue weighted by Gasteiger charge is 2.59. The first kappa shape index (κ1) is 89.3. The highest BCUT2D eigenvalue weighted by molar-refractivity contribution is 5.98. The van der Waals surface area contributed by atoms with E-state index in [1.165, 1.54) is 12.8 Å². The van der Waals surface area contributed by atoms with Crippen LogP contribution in [0.1, 0.15) is 130 Å². The lowest BCUT2D eigenvalue weighted by Gasteiger charge is -2.62. The summed E-state index contributed by atoms with van der Waals surface area (Å²) in [4.78, 5) is 75.8. The topological polar surface area (TPSA) is 272 Å². The fraction of sp³-hybridized carbons (Fsp3) is 0.521. The van der Waals surface area contributed by atoms with Crippen LogP contribution in [0.4, 0.5) is 11.4 Å². The molecular weight excluding hydrogens is 1500 g/mol. The zero-order valence-electron chi connectivity index (χ0n) is 72.8. The molecule has 7 aromatic carbocycles. The van der Waals surface area contributed by atoms with E-state index in [-0.39, 0.29) is 91.5 Å². The number of rotatable bonds is 33. The van der Waals surface area contributed by atoms with E-state index in [0.29, 0.717) is 84.1 Å². The van der Waals surface area contributed by atoms with Crippen LogP contribution in [0.5, 0.6) is 17.2 Å². The molecule has 8 fully saturated rings. The number of amides is 4. The highest BCUT2D eigenvalue weighted by Crippen LogP contribution is 2.62. The Morgan fingerprint density at radius 2 is 0.975 bits per heavy atom. The summed E-state index contributed by atoms with van der Waals surface area (Å²) in [6.07, 6.45) is 2.20. The molecule has 4 amide bonds. The van der Waals surface area contributed by atoms with Gasteiger partial charge in [0.05, 0.1) is 52.7 Å². The van der Waals surface area contributed by atoms with E-state index in [2.05, 4.69) is 97.3 Å². The molecule has 15 rings (SSSR count). The number of para-hydroxylation sites is 2. The van der Waals surface area contributed by atoms with Gasteiger partial charge < -0.3 is 75.9 Å². The number of aliphatic hydroxyl groups is 4. The van der Waals surface area contributed by atoms with E-state index >= 15 is 0 Å². The molecule has 2 unspecified atom stereocenters. The first-order chi connectivity index (χ1) is 56.8. The van der Waals surface area contributed by atoms with Crippen molar-refractivity contribution in [2.75, 3.05) is 99.7 Å². The molecule has 6 aliphatic carbocycles. The average molecular weight is 1630 g/mol. The number of fused-ring (bicyclic) bond motifs is 4. The fourth-order valence-corrected chi connectivity index (χ4v) is 20.1. The summed E-state index contributed by atoms with van der Waals surface area (Å²) >= 11 is 0. The van der Waals surface area contributed by atoms with Gasteiger partial charge in [-0.15, -0.1) is 0 Å². The van der Waals surface area contributed by atoms with E-state index in [1.807, 2.05) is 193 Å². The zero-order chi connectivity index (χ0) is 85.5. The average Bonchev–Trinajstić information content (AvgIpc) is 0.896. The van der Waals surface area contributed by atoms with Crippen molar-refractivity contribution in [3.8, 4) is 39.5 Å². The molecule has 0 spiro atoms. The van der Waals surface area contributed by atoms with Crippen LogP contribution < -0.4 is 50.6 Å². The van der Waals surface area contributed by atoms with Gasteiger partial charge in [-0.3, -0.25) is 28.9 Å². The molecule has 23 nitrogen and oxygen atoms in total. The van der Waals surface area contributed by atoms with Crippen molar-refractivity contribution >= 4 is 35.0 Å². The maximum atomic E-state index is 14.6. The van der Waals surface area contributed by atoms with E-state index in [9.17, 15) is 39.6 Å². The van der Waals surface area contributed by atoms with Gasteiger partial charge in [0.15, 0.2) is 0 Å².